The van der Waals surface area contributed by atoms with Crippen LogP contribution in [0.3, 0.4) is 0 Å². The van der Waals surface area contributed by atoms with E-state index in [-0.39, 0.29) is 11.9 Å². The molecular weight excluding hydrogens is 271 g/mol. The first-order valence-electron chi connectivity index (χ1n) is 5.58. The minimum Gasteiger partial charge on any atom is -0.314 e. The van der Waals surface area contributed by atoms with Crippen molar-refractivity contribution in [3.63, 3.8) is 0 Å². The topological polar surface area (TPSA) is 15.3 Å². The molecule has 1 heterocycles. The highest BCUT2D eigenvalue weighted by Crippen LogP contribution is 2.24. The highest BCUT2D eigenvalue weighted by Gasteiger charge is 2.18. The molecule has 0 amide bonds. The van der Waals surface area contributed by atoms with Crippen LogP contribution in [0, 0.1) is 5.82 Å². The Hall–Kier alpha value is -0.450. The summed E-state index contributed by atoms with van der Waals surface area (Å²) in [4.78, 5) is 2.37. The fraction of sp³-hybridized carbons (Fsp3) is 0.500. The third-order valence-corrected chi connectivity index (χ3v) is 3.77. The molecule has 2 rings (SSSR count). The van der Waals surface area contributed by atoms with Crippen molar-refractivity contribution in [1.29, 1.82) is 0 Å². The van der Waals surface area contributed by atoms with Gasteiger partial charge in [0.05, 0.1) is 4.47 Å². The van der Waals surface area contributed by atoms with Crippen LogP contribution in [0.4, 0.5) is 4.39 Å². The molecule has 1 aromatic rings. The Bertz CT molecular complexity index is 364. The molecule has 1 saturated heterocycles. The van der Waals surface area contributed by atoms with Gasteiger partial charge in [0.15, 0.2) is 0 Å². The lowest BCUT2D eigenvalue weighted by Crippen LogP contribution is -2.44. The van der Waals surface area contributed by atoms with Crippen LogP contribution in [0.15, 0.2) is 22.7 Å². The number of halogens is 2. The number of rotatable bonds is 2. The van der Waals surface area contributed by atoms with E-state index < -0.39 is 0 Å². The van der Waals surface area contributed by atoms with Gasteiger partial charge >= 0.3 is 0 Å². The van der Waals surface area contributed by atoms with Gasteiger partial charge in [-0.2, -0.15) is 0 Å². The predicted octanol–water partition coefficient (Wildman–Crippen LogP) is 2.55. The first kappa shape index (κ1) is 12.0. The summed E-state index contributed by atoms with van der Waals surface area (Å²) in [6, 6.07) is 5.67. The van der Waals surface area contributed by atoms with Gasteiger partial charge in [-0.1, -0.05) is 6.07 Å². The summed E-state index contributed by atoms with van der Waals surface area (Å²) in [5.74, 6) is -0.181. The number of nitrogens with zero attached hydrogens (tertiary/aromatic N) is 1. The second kappa shape index (κ2) is 5.25. The van der Waals surface area contributed by atoms with E-state index in [4.69, 9.17) is 0 Å². The molecule has 1 atom stereocenters. The van der Waals surface area contributed by atoms with Crippen molar-refractivity contribution < 1.29 is 4.39 Å². The van der Waals surface area contributed by atoms with Crippen LogP contribution in [0.1, 0.15) is 18.5 Å². The standard InChI is InChI=1S/C12H16BrFN2/c1-9(16-6-4-15-5-7-16)10-2-3-11(13)12(14)8-10/h2-3,8-9,15H,4-7H2,1H3/t9-/m1/s1. The minimum absolute atomic E-state index is 0.181. The van der Waals surface area contributed by atoms with Crippen LogP contribution in [0.25, 0.3) is 0 Å². The van der Waals surface area contributed by atoms with Crippen LogP contribution in [-0.2, 0) is 0 Å². The fourth-order valence-corrected chi connectivity index (χ4v) is 2.30. The molecule has 1 aliphatic rings. The Morgan fingerprint density at radius 1 is 1.38 bits per heavy atom. The van der Waals surface area contributed by atoms with Crippen LogP contribution in [0.2, 0.25) is 0 Å². The maximum Gasteiger partial charge on any atom is 0.137 e. The second-order valence-corrected chi connectivity index (χ2v) is 4.99. The molecule has 4 heteroatoms. The smallest absolute Gasteiger partial charge is 0.137 e. The summed E-state index contributed by atoms with van der Waals surface area (Å²) in [7, 11) is 0. The first-order valence-corrected chi connectivity index (χ1v) is 6.37. The Labute approximate surface area is 104 Å². The number of hydrogen-bond donors (Lipinski definition) is 1. The molecule has 88 valence electrons. The number of benzene rings is 1. The van der Waals surface area contributed by atoms with E-state index in [1.807, 2.05) is 6.07 Å². The molecular formula is C12H16BrFN2. The molecule has 0 aromatic heterocycles. The highest BCUT2D eigenvalue weighted by molar-refractivity contribution is 9.10. The zero-order chi connectivity index (χ0) is 11.5. The average molecular weight is 287 g/mol. The molecule has 0 aliphatic carbocycles. The van der Waals surface area contributed by atoms with Crippen molar-refractivity contribution in [3.8, 4) is 0 Å². The number of piperazine rings is 1. The van der Waals surface area contributed by atoms with Crippen LogP contribution >= 0.6 is 15.9 Å². The van der Waals surface area contributed by atoms with E-state index in [2.05, 4.69) is 33.1 Å². The summed E-state index contributed by atoms with van der Waals surface area (Å²) in [6.07, 6.45) is 0. The quantitative estimate of drug-likeness (QED) is 0.899. The molecule has 0 spiro atoms. The third kappa shape index (κ3) is 2.62. The third-order valence-electron chi connectivity index (χ3n) is 3.13. The molecule has 0 radical (unpaired) electrons. The minimum atomic E-state index is -0.181. The summed E-state index contributed by atoms with van der Waals surface area (Å²) in [6.45, 7) is 6.22. The van der Waals surface area contributed by atoms with E-state index in [1.54, 1.807) is 12.1 Å². The van der Waals surface area contributed by atoms with Crippen LogP contribution in [-0.4, -0.2) is 31.1 Å². The van der Waals surface area contributed by atoms with Crippen LogP contribution in [0.5, 0.6) is 0 Å². The monoisotopic (exact) mass is 286 g/mol. The van der Waals surface area contributed by atoms with E-state index in [0.717, 1.165) is 31.7 Å². The summed E-state index contributed by atoms with van der Waals surface area (Å²) >= 11 is 3.18. The summed E-state index contributed by atoms with van der Waals surface area (Å²) in [5.41, 5.74) is 1.04. The molecule has 1 N–H and O–H groups in total. The van der Waals surface area contributed by atoms with E-state index in [1.165, 1.54) is 0 Å². The van der Waals surface area contributed by atoms with E-state index >= 15 is 0 Å². The van der Waals surface area contributed by atoms with Crippen LogP contribution < -0.4 is 5.32 Å². The van der Waals surface area contributed by atoms with Gasteiger partial charge in [0.1, 0.15) is 5.82 Å². The van der Waals surface area contributed by atoms with Crippen molar-refractivity contribution in [3.05, 3.63) is 34.1 Å². The Morgan fingerprint density at radius 2 is 2.06 bits per heavy atom. The fourth-order valence-electron chi connectivity index (χ4n) is 2.05. The largest absolute Gasteiger partial charge is 0.314 e. The van der Waals surface area contributed by atoms with Gasteiger partial charge in [-0.15, -0.1) is 0 Å². The highest BCUT2D eigenvalue weighted by atomic mass is 79.9. The molecule has 1 aromatic carbocycles. The van der Waals surface area contributed by atoms with Crippen molar-refractivity contribution in [2.75, 3.05) is 26.2 Å². The van der Waals surface area contributed by atoms with Gasteiger partial charge in [0.2, 0.25) is 0 Å². The van der Waals surface area contributed by atoms with Gasteiger partial charge in [-0.3, -0.25) is 4.90 Å². The maximum atomic E-state index is 13.4. The molecule has 0 bridgehead atoms. The zero-order valence-corrected chi connectivity index (χ0v) is 10.9. The molecule has 0 saturated carbocycles. The normalized spacial score (nSPS) is 19.7. The van der Waals surface area contributed by atoms with E-state index in [0.29, 0.717) is 4.47 Å². The predicted molar refractivity (Wildman–Crippen MR) is 67.0 cm³/mol. The van der Waals surface area contributed by atoms with Gasteiger partial charge in [-0.25, -0.2) is 4.39 Å². The average Bonchev–Trinajstić information content (AvgIpc) is 2.33. The molecule has 1 fully saturated rings. The maximum absolute atomic E-state index is 13.4. The molecule has 2 nitrogen and oxygen atoms in total. The summed E-state index contributed by atoms with van der Waals surface area (Å²) < 4.78 is 14.0. The second-order valence-electron chi connectivity index (χ2n) is 4.14. The van der Waals surface area contributed by atoms with Gasteiger partial charge in [-0.05, 0) is 40.5 Å². The lowest BCUT2D eigenvalue weighted by atomic mass is 10.1. The van der Waals surface area contributed by atoms with Gasteiger partial charge in [0, 0.05) is 32.2 Å². The van der Waals surface area contributed by atoms with Crippen molar-refractivity contribution >= 4 is 15.9 Å². The Morgan fingerprint density at radius 3 is 2.69 bits per heavy atom. The molecule has 16 heavy (non-hydrogen) atoms. The SMILES string of the molecule is C[C@H](c1ccc(Br)c(F)c1)N1CCNCC1. The zero-order valence-electron chi connectivity index (χ0n) is 9.34. The lowest BCUT2D eigenvalue weighted by Gasteiger charge is -2.33. The lowest BCUT2D eigenvalue weighted by molar-refractivity contribution is 0.185. The Balaban J connectivity index is 2.12. The number of nitrogens with one attached hydrogen (secondary N) is 1. The van der Waals surface area contributed by atoms with Crippen molar-refractivity contribution in [1.82, 2.24) is 10.2 Å². The first-order chi connectivity index (χ1) is 7.68. The van der Waals surface area contributed by atoms with E-state index in [9.17, 15) is 4.39 Å². The van der Waals surface area contributed by atoms with Gasteiger partial charge in [0.25, 0.3) is 0 Å². The van der Waals surface area contributed by atoms with Crippen molar-refractivity contribution in [2.45, 2.75) is 13.0 Å². The van der Waals surface area contributed by atoms with Crippen molar-refractivity contribution in [2.24, 2.45) is 0 Å². The number of hydrogen-bond acceptors (Lipinski definition) is 2. The van der Waals surface area contributed by atoms with Gasteiger partial charge < -0.3 is 5.32 Å². The summed E-state index contributed by atoms with van der Waals surface area (Å²) in [5, 5.41) is 3.32. The molecule has 0 unspecified atom stereocenters. The Kier molecular flexibility index (Phi) is 3.95. The molecule has 1 aliphatic heterocycles.